The molecule has 1 nitrogen and oxygen atoms in total. The highest BCUT2D eigenvalue weighted by Gasteiger charge is 2.06. The van der Waals surface area contributed by atoms with Crippen LogP contribution in [-0.2, 0) is 0 Å². The summed E-state index contributed by atoms with van der Waals surface area (Å²) in [7, 11) is 0. The summed E-state index contributed by atoms with van der Waals surface area (Å²) in [6.07, 6.45) is 11.1. The number of rotatable bonds is 4. The minimum Gasteiger partial charge on any atom is -0.324 e. The van der Waals surface area contributed by atoms with Crippen LogP contribution in [0.1, 0.15) is 26.7 Å². The van der Waals surface area contributed by atoms with Gasteiger partial charge in [0.15, 0.2) is 0 Å². The monoisotopic (exact) mass is 151 g/mol. The Morgan fingerprint density at radius 2 is 2.27 bits per heavy atom. The number of terminal acetylenes is 1. The van der Waals surface area contributed by atoms with Crippen molar-refractivity contribution in [2.24, 2.45) is 11.7 Å². The molecule has 0 spiro atoms. The van der Waals surface area contributed by atoms with Crippen molar-refractivity contribution in [1.29, 1.82) is 0 Å². The Kier molecular flexibility index (Phi) is 5.60. The number of hydrogen-bond acceptors (Lipinski definition) is 1. The van der Waals surface area contributed by atoms with E-state index in [1.54, 1.807) is 0 Å². The van der Waals surface area contributed by atoms with Crippen molar-refractivity contribution in [3.8, 4) is 12.3 Å². The minimum absolute atomic E-state index is 0.117. The lowest BCUT2D eigenvalue weighted by atomic mass is 9.99. The molecule has 2 atom stereocenters. The Labute approximate surface area is 69.7 Å². The fraction of sp³-hybridized carbons (Fsp3) is 0.600. The average molecular weight is 151 g/mol. The zero-order valence-electron chi connectivity index (χ0n) is 7.38. The van der Waals surface area contributed by atoms with E-state index in [1.807, 2.05) is 6.08 Å². The number of hydrogen-bond donors (Lipinski definition) is 1. The third kappa shape index (κ3) is 4.64. The first kappa shape index (κ1) is 10.3. The van der Waals surface area contributed by atoms with E-state index in [2.05, 4.69) is 25.8 Å². The van der Waals surface area contributed by atoms with E-state index < -0.39 is 0 Å². The summed E-state index contributed by atoms with van der Waals surface area (Å²) in [6, 6.07) is 0.117. The van der Waals surface area contributed by atoms with Crippen LogP contribution in [0, 0.1) is 18.3 Å². The lowest BCUT2D eigenvalue weighted by molar-refractivity contribution is 0.532. The van der Waals surface area contributed by atoms with E-state index in [4.69, 9.17) is 12.2 Å². The highest BCUT2D eigenvalue weighted by Crippen LogP contribution is 2.06. The third-order valence-corrected chi connectivity index (χ3v) is 1.69. The molecule has 0 heterocycles. The molecule has 62 valence electrons. The second kappa shape index (κ2) is 6.00. The minimum atomic E-state index is 0.117. The maximum Gasteiger partial charge on any atom is 0.0258 e. The van der Waals surface area contributed by atoms with E-state index in [-0.39, 0.29) is 6.04 Å². The van der Waals surface area contributed by atoms with E-state index in [0.717, 1.165) is 12.8 Å². The van der Waals surface area contributed by atoms with E-state index in [1.165, 1.54) is 0 Å². The molecule has 0 aromatic heterocycles. The number of nitrogens with two attached hydrogens (primary N) is 1. The van der Waals surface area contributed by atoms with Crippen LogP contribution in [0.25, 0.3) is 0 Å². The van der Waals surface area contributed by atoms with Gasteiger partial charge in [0, 0.05) is 12.5 Å². The van der Waals surface area contributed by atoms with Crippen LogP contribution in [-0.4, -0.2) is 6.04 Å². The molecule has 0 aliphatic heterocycles. The first-order valence-electron chi connectivity index (χ1n) is 4.08. The van der Waals surface area contributed by atoms with Crippen molar-refractivity contribution in [2.45, 2.75) is 32.7 Å². The second-order valence-electron chi connectivity index (χ2n) is 2.80. The van der Waals surface area contributed by atoms with Gasteiger partial charge in [-0.2, -0.15) is 0 Å². The maximum atomic E-state index is 5.81. The Hall–Kier alpha value is -0.740. The van der Waals surface area contributed by atoms with Crippen LogP contribution < -0.4 is 5.73 Å². The van der Waals surface area contributed by atoms with Gasteiger partial charge < -0.3 is 5.73 Å². The van der Waals surface area contributed by atoms with Crippen LogP contribution in [0.15, 0.2) is 12.2 Å². The summed E-state index contributed by atoms with van der Waals surface area (Å²) in [6.45, 7) is 4.17. The van der Waals surface area contributed by atoms with Gasteiger partial charge in [0.25, 0.3) is 0 Å². The van der Waals surface area contributed by atoms with Crippen LogP contribution in [0.3, 0.4) is 0 Å². The van der Waals surface area contributed by atoms with Crippen molar-refractivity contribution in [1.82, 2.24) is 0 Å². The lowest BCUT2D eigenvalue weighted by Gasteiger charge is -2.12. The largest absolute Gasteiger partial charge is 0.324 e. The zero-order valence-corrected chi connectivity index (χ0v) is 7.38. The molecular formula is C10H17N. The fourth-order valence-corrected chi connectivity index (χ4v) is 0.805. The molecule has 2 N–H and O–H groups in total. The fourth-order valence-electron chi connectivity index (χ4n) is 0.805. The van der Waals surface area contributed by atoms with Crippen LogP contribution >= 0.6 is 0 Å². The van der Waals surface area contributed by atoms with Gasteiger partial charge in [-0.25, -0.2) is 0 Å². The molecule has 0 saturated heterocycles. The van der Waals surface area contributed by atoms with Crippen molar-refractivity contribution in [3.05, 3.63) is 12.2 Å². The Bertz CT molecular complexity index is 153. The standard InChI is InChI=1S/C10H17N/c1-4-6-8-10(11)9(3)7-5-2/h2,6,8-10H,4,7,11H2,1,3H3/b8-6-. The van der Waals surface area contributed by atoms with Gasteiger partial charge in [-0.15, -0.1) is 12.3 Å². The summed E-state index contributed by atoms with van der Waals surface area (Å²) in [5.41, 5.74) is 5.81. The lowest BCUT2D eigenvalue weighted by Crippen LogP contribution is -2.25. The molecule has 0 aromatic carbocycles. The Morgan fingerprint density at radius 3 is 2.73 bits per heavy atom. The molecule has 0 aliphatic rings. The van der Waals surface area contributed by atoms with Crippen molar-refractivity contribution >= 4 is 0 Å². The molecule has 0 fully saturated rings. The molecule has 2 unspecified atom stereocenters. The Balaban J connectivity index is 3.74. The first-order valence-corrected chi connectivity index (χ1v) is 4.08. The predicted octanol–water partition coefficient (Wildman–Crippen LogP) is 1.94. The van der Waals surface area contributed by atoms with Gasteiger partial charge >= 0.3 is 0 Å². The summed E-state index contributed by atoms with van der Waals surface area (Å²) in [4.78, 5) is 0. The molecule has 0 bridgehead atoms. The van der Waals surface area contributed by atoms with Crippen molar-refractivity contribution in [2.75, 3.05) is 0 Å². The topological polar surface area (TPSA) is 26.0 Å². The van der Waals surface area contributed by atoms with Crippen molar-refractivity contribution < 1.29 is 0 Å². The van der Waals surface area contributed by atoms with Gasteiger partial charge in [0.05, 0.1) is 0 Å². The van der Waals surface area contributed by atoms with E-state index in [9.17, 15) is 0 Å². The molecule has 0 aromatic rings. The third-order valence-electron chi connectivity index (χ3n) is 1.69. The molecule has 1 heteroatoms. The van der Waals surface area contributed by atoms with E-state index in [0.29, 0.717) is 5.92 Å². The molecular weight excluding hydrogens is 134 g/mol. The first-order chi connectivity index (χ1) is 5.22. The van der Waals surface area contributed by atoms with Crippen molar-refractivity contribution in [3.63, 3.8) is 0 Å². The SMILES string of the molecule is C#CCC(C)C(N)/C=C\CC. The average Bonchev–Trinajstić information content (AvgIpc) is 2.00. The second-order valence-corrected chi connectivity index (χ2v) is 2.80. The highest BCUT2D eigenvalue weighted by molar-refractivity contribution is 4.97. The molecule has 0 aliphatic carbocycles. The van der Waals surface area contributed by atoms with Gasteiger partial charge in [0.1, 0.15) is 0 Å². The predicted molar refractivity (Wildman–Crippen MR) is 50.0 cm³/mol. The normalized spacial score (nSPS) is 16.2. The zero-order chi connectivity index (χ0) is 8.69. The summed E-state index contributed by atoms with van der Waals surface area (Å²) < 4.78 is 0. The van der Waals surface area contributed by atoms with Gasteiger partial charge in [-0.1, -0.05) is 26.0 Å². The van der Waals surface area contributed by atoms with Gasteiger partial charge in [-0.05, 0) is 12.3 Å². The summed E-state index contributed by atoms with van der Waals surface area (Å²) in [5.74, 6) is 3.00. The summed E-state index contributed by atoms with van der Waals surface area (Å²) >= 11 is 0. The molecule has 0 radical (unpaired) electrons. The van der Waals surface area contributed by atoms with Gasteiger partial charge in [0.2, 0.25) is 0 Å². The van der Waals surface area contributed by atoms with Crippen LogP contribution in [0.4, 0.5) is 0 Å². The Morgan fingerprint density at radius 1 is 1.64 bits per heavy atom. The highest BCUT2D eigenvalue weighted by atomic mass is 14.6. The molecule has 0 rings (SSSR count). The smallest absolute Gasteiger partial charge is 0.0258 e. The quantitative estimate of drug-likeness (QED) is 0.482. The molecule has 11 heavy (non-hydrogen) atoms. The van der Waals surface area contributed by atoms with Gasteiger partial charge in [-0.3, -0.25) is 0 Å². The number of allylic oxidation sites excluding steroid dienone is 1. The molecule has 0 saturated carbocycles. The van der Waals surface area contributed by atoms with Crippen LogP contribution in [0.5, 0.6) is 0 Å². The maximum absolute atomic E-state index is 5.81. The summed E-state index contributed by atoms with van der Waals surface area (Å²) in [5, 5.41) is 0. The molecule has 0 amide bonds. The van der Waals surface area contributed by atoms with E-state index >= 15 is 0 Å². The van der Waals surface area contributed by atoms with Crippen LogP contribution in [0.2, 0.25) is 0 Å².